The number of amides is 1. The van der Waals surface area contributed by atoms with Gasteiger partial charge in [0, 0.05) is 17.0 Å². The minimum absolute atomic E-state index is 0.00530. The maximum absolute atomic E-state index is 12.0. The zero-order valence-electron chi connectivity index (χ0n) is 11.7. The fraction of sp³-hybridized carbons (Fsp3) is 0.562. The van der Waals surface area contributed by atoms with Crippen molar-refractivity contribution >= 4 is 17.5 Å². The summed E-state index contributed by atoms with van der Waals surface area (Å²) in [4.78, 5) is 12.0. The van der Waals surface area contributed by atoms with E-state index in [9.17, 15) is 9.90 Å². The van der Waals surface area contributed by atoms with Gasteiger partial charge in [-0.1, -0.05) is 43.0 Å². The minimum Gasteiger partial charge on any atom is -0.396 e. The number of rotatable bonds is 5. The van der Waals surface area contributed by atoms with E-state index in [2.05, 4.69) is 5.32 Å². The Balaban J connectivity index is 1.83. The van der Waals surface area contributed by atoms with Crippen molar-refractivity contribution in [3.8, 4) is 0 Å². The Kier molecular flexibility index (Phi) is 5.44. The predicted octanol–water partition coefficient (Wildman–Crippen LogP) is 2.94. The largest absolute Gasteiger partial charge is 0.396 e. The summed E-state index contributed by atoms with van der Waals surface area (Å²) in [5.74, 6) is 0.00530. The molecule has 1 aliphatic rings. The van der Waals surface area contributed by atoms with Crippen molar-refractivity contribution in [2.24, 2.45) is 5.41 Å². The van der Waals surface area contributed by atoms with E-state index in [1.54, 1.807) is 12.1 Å². The number of benzene rings is 1. The lowest BCUT2D eigenvalue weighted by molar-refractivity contribution is -0.121. The van der Waals surface area contributed by atoms with Gasteiger partial charge in [-0.3, -0.25) is 4.79 Å². The zero-order valence-corrected chi connectivity index (χ0v) is 12.5. The van der Waals surface area contributed by atoms with Crippen LogP contribution < -0.4 is 5.32 Å². The number of aliphatic hydroxyl groups is 1. The second kappa shape index (κ2) is 7.09. The Morgan fingerprint density at radius 1 is 1.20 bits per heavy atom. The van der Waals surface area contributed by atoms with Crippen LogP contribution in [-0.4, -0.2) is 24.2 Å². The summed E-state index contributed by atoms with van der Waals surface area (Å²) >= 11 is 5.82. The Morgan fingerprint density at radius 2 is 1.85 bits per heavy atom. The van der Waals surface area contributed by atoms with E-state index < -0.39 is 0 Å². The van der Waals surface area contributed by atoms with Crippen LogP contribution in [0.25, 0.3) is 0 Å². The summed E-state index contributed by atoms with van der Waals surface area (Å²) in [5, 5.41) is 13.3. The first-order chi connectivity index (χ1) is 9.63. The SMILES string of the molecule is O=C(Cc1ccc(Cl)cc1)NCC1(CO)CCCCC1. The second-order valence-electron chi connectivity index (χ2n) is 5.80. The molecular weight excluding hydrogens is 274 g/mol. The molecule has 1 aromatic carbocycles. The topological polar surface area (TPSA) is 49.3 Å². The van der Waals surface area contributed by atoms with Crippen LogP contribution in [0.15, 0.2) is 24.3 Å². The van der Waals surface area contributed by atoms with Crippen molar-refractivity contribution in [3.63, 3.8) is 0 Å². The third-order valence-corrected chi connectivity index (χ3v) is 4.44. The Morgan fingerprint density at radius 3 is 2.45 bits per heavy atom. The Labute approximate surface area is 125 Å². The molecule has 1 saturated carbocycles. The molecule has 0 radical (unpaired) electrons. The van der Waals surface area contributed by atoms with E-state index in [0.717, 1.165) is 31.2 Å². The van der Waals surface area contributed by atoms with Gasteiger partial charge >= 0.3 is 0 Å². The number of carbonyl (C=O) groups excluding carboxylic acids is 1. The van der Waals surface area contributed by atoms with Crippen molar-refractivity contribution in [2.45, 2.75) is 38.5 Å². The molecule has 20 heavy (non-hydrogen) atoms. The summed E-state index contributed by atoms with van der Waals surface area (Å²) in [5.41, 5.74) is 0.849. The number of aliphatic hydroxyl groups excluding tert-OH is 1. The van der Waals surface area contributed by atoms with Gasteiger partial charge in [0.15, 0.2) is 0 Å². The standard InChI is InChI=1S/C16H22ClNO2/c17-14-6-4-13(5-7-14)10-15(20)18-11-16(12-19)8-2-1-3-9-16/h4-7,19H,1-3,8-12H2,(H,18,20). The quantitative estimate of drug-likeness (QED) is 0.877. The molecule has 0 aromatic heterocycles. The molecule has 4 heteroatoms. The first kappa shape index (κ1) is 15.3. The molecule has 0 spiro atoms. The molecule has 0 heterocycles. The lowest BCUT2D eigenvalue weighted by Gasteiger charge is -2.35. The van der Waals surface area contributed by atoms with Gasteiger partial charge < -0.3 is 10.4 Å². The van der Waals surface area contributed by atoms with E-state index in [-0.39, 0.29) is 17.9 Å². The van der Waals surface area contributed by atoms with E-state index in [0.29, 0.717) is 18.0 Å². The van der Waals surface area contributed by atoms with Gasteiger partial charge in [-0.2, -0.15) is 0 Å². The number of hydrogen-bond donors (Lipinski definition) is 2. The molecule has 0 atom stereocenters. The third kappa shape index (κ3) is 4.22. The number of carbonyl (C=O) groups is 1. The molecule has 0 unspecified atom stereocenters. The maximum atomic E-state index is 12.0. The smallest absolute Gasteiger partial charge is 0.224 e. The van der Waals surface area contributed by atoms with Crippen LogP contribution >= 0.6 is 11.6 Å². The molecular formula is C16H22ClNO2. The molecule has 0 aliphatic heterocycles. The summed E-state index contributed by atoms with van der Waals surface area (Å²) in [6, 6.07) is 7.32. The van der Waals surface area contributed by atoms with Crippen molar-refractivity contribution < 1.29 is 9.90 Å². The van der Waals surface area contributed by atoms with E-state index in [1.165, 1.54) is 6.42 Å². The fourth-order valence-electron chi connectivity index (χ4n) is 2.83. The van der Waals surface area contributed by atoms with Crippen molar-refractivity contribution in [1.82, 2.24) is 5.32 Å². The minimum atomic E-state index is -0.103. The lowest BCUT2D eigenvalue weighted by atomic mass is 9.74. The maximum Gasteiger partial charge on any atom is 0.224 e. The summed E-state index contributed by atoms with van der Waals surface area (Å²) in [7, 11) is 0. The van der Waals surface area contributed by atoms with Crippen molar-refractivity contribution in [1.29, 1.82) is 0 Å². The molecule has 3 nitrogen and oxygen atoms in total. The van der Waals surface area contributed by atoms with Crippen LogP contribution in [0.3, 0.4) is 0 Å². The second-order valence-corrected chi connectivity index (χ2v) is 6.24. The normalized spacial score (nSPS) is 17.7. The first-order valence-corrected chi connectivity index (χ1v) is 7.63. The molecule has 2 rings (SSSR count). The first-order valence-electron chi connectivity index (χ1n) is 7.26. The highest BCUT2D eigenvalue weighted by Crippen LogP contribution is 2.35. The van der Waals surface area contributed by atoms with Gasteiger partial charge in [0.25, 0.3) is 0 Å². The highest BCUT2D eigenvalue weighted by molar-refractivity contribution is 6.30. The predicted molar refractivity (Wildman–Crippen MR) is 80.8 cm³/mol. The monoisotopic (exact) mass is 295 g/mol. The van der Waals surface area contributed by atoms with Crippen LogP contribution in [0.1, 0.15) is 37.7 Å². The summed E-state index contributed by atoms with van der Waals surface area (Å²) in [6.45, 7) is 0.740. The van der Waals surface area contributed by atoms with Gasteiger partial charge in [-0.25, -0.2) is 0 Å². The summed E-state index contributed by atoms with van der Waals surface area (Å²) in [6.07, 6.45) is 5.90. The highest BCUT2D eigenvalue weighted by Gasteiger charge is 2.31. The number of halogens is 1. The molecule has 0 bridgehead atoms. The van der Waals surface area contributed by atoms with Crippen molar-refractivity contribution in [3.05, 3.63) is 34.9 Å². The van der Waals surface area contributed by atoms with Crippen LogP contribution in [0.2, 0.25) is 5.02 Å². The molecule has 0 saturated heterocycles. The van der Waals surface area contributed by atoms with Gasteiger partial charge in [0.1, 0.15) is 0 Å². The molecule has 1 fully saturated rings. The zero-order chi connectivity index (χ0) is 14.4. The van der Waals surface area contributed by atoms with Gasteiger partial charge in [0.2, 0.25) is 5.91 Å². The Bertz CT molecular complexity index is 438. The van der Waals surface area contributed by atoms with Gasteiger partial charge in [-0.05, 0) is 30.5 Å². The summed E-state index contributed by atoms with van der Waals surface area (Å²) < 4.78 is 0. The average Bonchev–Trinajstić information content (AvgIpc) is 2.49. The van der Waals surface area contributed by atoms with E-state index in [1.807, 2.05) is 12.1 Å². The molecule has 1 amide bonds. The molecule has 110 valence electrons. The highest BCUT2D eigenvalue weighted by atomic mass is 35.5. The van der Waals surface area contributed by atoms with Crippen LogP contribution in [0.4, 0.5) is 0 Å². The lowest BCUT2D eigenvalue weighted by Crippen LogP contribution is -2.41. The fourth-order valence-corrected chi connectivity index (χ4v) is 2.95. The third-order valence-electron chi connectivity index (χ3n) is 4.19. The molecule has 2 N–H and O–H groups in total. The molecule has 1 aliphatic carbocycles. The van der Waals surface area contributed by atoms with Crippen LogP contribution in [0.5, 0.6) is 0 Å². The van der Waals surface area contributed by atoms with Gasteiger partial charge in [-0.15, -0.1) is 0 Å². The number of nitrogens with one attached hydrogen (secondary N) is 1. The number of hydrogen-bond acceptors (Lipinski definition) is 2. The average molecular weight is 296 g/mol. The van der Waals surface area contributed by atoms with Gasteiger partial charge in [0.05, 0.1) is 13.0 Å². The van der Waals surface area contributed by atoms with E-state index >= 15 is 0 Å². The van der Waals surface area contributed by atoms with E-state index in [4.69, 9.17) is 11.6 Å². The molecule has 1 aromatic rings. The van der Waals surface area contributed by atoms with Crippen LogP contribution in [0, 0.1) is 5.41 Å². The van der Waals surface area contributed by atoms with Crippen molar-refractivity contribution in [2.75, 3.05) is 13.2 Å². The van der Waals surface area contributed by atoms with Crippen LogP contribution in [-0.2, 0) is 11.2 Å². The Hall–Kier alpha value is -1.06.